The number of amides is 1. The first-order valence-corrected chi connectivity index (χ1v) is 10.4. The van der Waals surface area contributed by atoms with Crippen LogP contribution in [0.15, 0.2) is 71.2 Å². The molecule has 152 valence electrons. The van der Waals surface area contributed by atoms with Crippen molar-refractivity contribution in [3.8, 4) is 11.1 Å². The molecular formula is C24H20BrNO4. The summed E-state index contributed by atoms with van der Waals surface area (Å²) in [7, 11) is 0. The molecule has 1 amide bonds. The van der Waals surface area contributed by atoms with Gasteiger partial charge in [-0.25, -0.2) is 9.59 Å². The first-order chi connectivity index (χ1) is 14.5. The maximum atomic E-state index is 12.5. The molecule has 1 atom stereocenters. The summed E-state index contributed by atoms with van der Waals surface area (Å²) in [5, 5.41) is 12.2. The number of aryl methyl sites for hydroxylation is 1. The largest absolute Gasteiger partial charge is 0.479 e. The number of carbonyl (C=O) groups excluding carboxylic acids is 1. The Hall–Kier alpha value is -3.12. The molecule has 0 bridgehead atoms. The first-order valence-electron chi connectivity index (χ1n) is 9.56. The minimum Gasteiger partial charge on any atom is -0.479 e. The van der Waals surface area contributed by atoms with Gasteiger partial charge in [0, 0.05) is 16.0 Å². The lowest BCUT2D eigenvalue weighted by molar-refractivity contribution is -0.139. The van der Waals surface area contributed by atoms with Crippen LogP contribution in [-0.2, 0) is 9.53 Å². The summed E-state index contributed by atoms with van der Waals surface area (Å²) < 4.78 is 6.11. The number of nitrogens with one attached hydrogen (secondary N) is 1. The van der Waals surface area contributed by atoms with Gasteiger partial charge in [0.2, 0.25) is 0 Å². The quantitative estimate of drug-likeness (QED) is 0.527. The van der Waals surface area contributed by atoms with Gasteiger partial charge in [0.1, 0.15) is 6.61 Å². The molecule has 1 aliphatic rings. The van der Waals surface area contributed by atoms with Crippen molar-refractivity contribution in [2.75, 3.05) is 6.61 Å². The Bertz CT molecular complexity index is 1060. The smallest absolute Gasteiger partial charge is 0.408 e. The van der Waals surface area contributed by atoms with Crippen molar-refractivity contribution < 1.29 is 19.4 Å². The average Bonchev–Trinajstić information content (AvgIpc) is 3.05. The summed E-state index contributed by atoms with van der Waals surface area (Å²) in [5.41, 5.74) is 5.73. The topological polar surface area (TPSA) is 75.6 Å². The Morgan fingerprint density at radius 1 is 1.00 bits per heavy atom. The van der Waals surface area contributed by atoms with Crippen LogP contribution in [0.5, 0.6) is 0 Å². The van der Waals surface area contributed by atoms with Gasteiger partial charge in [-0.2, -0.15) is 0 Å². The molecule has 30 heavy (non-hydrogen) atoms. The monoisotopic (exact) mass is 465 g/mol. The number of aliphatic carboxylic acids is 1. The van der Waals surface area contributed by atoms with Crippen molar-refractivity contribution in [1.29, 1.82) is 0 Å². The Morgan fingerprint density at radius 2 is 1.60 bits per heavy atom. The molecule has 3 aromatic rings. The van der Waals surface area contributed by atoms with E-state index in [-0.39, 0.29) is 12.5 Å². The van der Waals surface area contributed by atoms with Crippen LogP contribution in [0.3, 0.4) is 0 Å². The number of alkyl carbamates (subject to hydrolysis) is 1. The van der Waals surface area contributed by atoms with E-state index in [9.17, 15) is 14.7 Å². The third-order valence-corrected chi connectivity index (χ3v) is 6.10. The van der Waals surface area contributed by atoms with Gasteiger partial charge >= 0.3 is 12.1 Å². The van der Waals surface area contributed by atoms with E-state index in [0.29, 0.717) is 10.0 Å². The van der Waals surface area contributed by atoms with Crippen molar-refractivity contribution in [3.63, 3.8) is 0 Å². The van der Waals surface area contributed by atoms with Crippen molar-refractivity contribution in [1.82, 2.24) is 5.32 Å². The van der Waals surface area contributed by atoms with Gasteiger partial charge < -0.3 is 15.2 Å². The minimum atomic E-state index is -1.21. The molecule has 6 heteroatoms. The Morgan fingerprint density at radius 3 is 2.17 bits per heavy atom. The number of carboxylic acids is 1. The van der Waals surface area contributed by atoms with Gasteiger partial charge in [0.05, 0.1) is 0 Å². The lowest BCUT2D eigenvalue weighted by atomic mass is 9.98. The third kappa shape index (κ3) is 3.71. The summed E-state index contributed by atoms with van der Waals surface area (Å²) in [6.45, 7) is 1.93. The summed E-state index contributed by atoms with van der Waals surface area (Å²) in [4.78, 5) is 24.4. The van der Waals surface area contributed by atoms with E-state index in [4.69, 9.17) is 4.74 Å². The van der Waals surface area contributed by atoms with E-state index in [1.807, 2.05) is 42.5 Å². The van der Waals surface area contributed by atoms with Crippen LogP contribution >= 0.6 is 15.9 Å². The lowest BCUT2D eigenvalue weighted by Crippen LogP contribution is -2.35. The van der Waals surface area contributed by atoms with Crippen LogP contribution in [0.1, 0.15) is 34.2 Å². The molecule has 0 saturated carbocycles. The maximum Gasteiger partial charge on any atom is 0.408 e. The van der Waals surface area contributed by atoms with E-state index in [2.05, 4.69) is 33.4 Å². The molecule has 5 nitrogen and oxygen atoms in total. The normalized spacial score (nSPS) is 13.3. The molecule has 1 unspecified atom stereocenters. The zero-order valence-electron chi connectivity index (χ0n) is 16.3. The van der Waals surface area contributed by atoms with E-state index in [1.165, 1.54) is 0 Å². The number of hydrogen-bond acceptors (Lipinski definition) is 3. The fraction of sp³-hybridized carbons (Fsp3) is 0.167. The Kier molecular flexibility index (Phi) is 5.59. The fourth-order valence-corrected chi connectivity index (χ4v) is 4.72. The molecule has 4 rings (SSSR count). The highest BCUT2D eigenvalue weighted by Crippen LogP contribution is 2.44. The van der Waals surface area contributed by atoms with Crippen LogP contribution in [-0.4, -0.2) is 23.8 Å². The predicted octanol–water partition coefficient (Wildman–Crippen LogP) is 5.42. The molecule has 0 spiro atoms. The molecule has 0 aromatic heterocycles. The van der Waals surface area contributed by atoms with Crippen molar-refractivity contribution in [2.24, 2.45) is 0 Å². The lowest BCUT2D eigenvalue weighted by Gasteiger charge is -2.20. The number of benzene rings is 3. The fourth-order valence-electron chi connectivity index (χ4n) is 4.03. The van der Waals surface area contributed by atoms with Crippen LogP contribution in [0.2, 0.25) is 0 Å². The number of halogens is 1. The average molecular weight is 466 g/mol. The highest BCUT2D eigenvalue weighted by molar-refractivity contribution is 9.10. The molecule has 0 heterocycles. The van der Waals surface area contributed by atoms with Gasteiger partial charge in [-0.3, -0.25) is 0 Å². The van der Waals surface area contributed by atoms with E-state index >= 15 is 0 Å². The minimum absolute atomic E-state index is 0.0865. The molecule has 0 fully saturated rings. The first kappa shape index (κ1) is 20.2. The van der Waals surface area contributed by atoms with Gasteiger partial charge in [-0.15, -0.1) is 0 Å². The van der Waals surface area contributed by atoms with Gasteiger partial charge in [0.15, 0.2) is 6.04 Å². The zero-order chi connectivity index (χ0) is 21.3. The van der Waals surface area contributed by atoms with Crippen molar-refractivity contribution >= 4 is 28.0 Å². The van der Waals surface area contributed by atoms with Gasteiger partial charge in [0.25, 0.3) is 0 Å². The van der Waals surface area contributed by atoms with E-state index < -0.39 is 18.1 Å². The van der Waals surface area contributed by atoms with Gasteiger partial charge in [-0.05, 0) is 40.8 Å². The summed E-state index contributed by atoms with van der Waals surface area (Å²) in [6, 6.07) is 20.2. The van der Waals surface area contributed by atoms with Crippen LogP contribution in [0, 0.1) is 6.92 Å². The van der Waals surface area contributed by atoms with Crippen LogP contribution in [0.25, 0.3) is 11.1 Å². The summed E-state index contributed by atoms with van der Waals surface area (Å²) in [6.07, 6.45) is -0.764. The molecule has 3 aromatic carbocycles. The second-order valence-corrected chi connectivity index (χ2v) is 8.07. The molecule has 2 N–H and O–H groups in total. The zero-order valence-corrected chi connectivity index (χ0v) is 17.8. The number of hydrogen-bond donors (Lipinski definition) is 2. The summed E-state index contributed by atoms with van der Waals surface area (Å²) in [5.74, 6) is -1.24. The number of ether oxygens (including phenoxy) is 1. The molecular weight excluding hydrogens is 446 g/mol. The number of rotatable bonds is 5. The van der Waals surface area contributed by atoms with E-state index in [1.54, 1.807) is 19.1 Å². The van der Waals surface area contributed by atoms with Crippen molar-refractivity contribution in [3.05, 3.63) is 93.5 Å². The van der Waals surface area contributed by atoms with E-state index in [0.717, 1.165) is 27.8 Å². The van der Waals surface area contributed by atoms with Crippen LogP contribution < -0.4 is 5.32 Å². The molecule has 1 aliphatic carbocycles. The predicted molar refractivity (Wildman–Crippen MR) is 117 cm³/mol. The SMILES string of the molecule is Cc1cccc(Br)c1C(NC(=O)OCC1c2ccccc2-c2ccccc21)C(=O)O. The number of carbonyl (C=O) groups is 2. The standard InChI is InChI=1S/C24H20BrNO4/c1-14-7-6-12-20(25)21(14)22(23(27)28)26-24(29)30-13-19-17-10-4-2-8-15(17)16-9-3-5-11-18(16)19/h2-12,19,22H,13H2,1H3,(H,26,29)(H,27,28). The highest BCUT2D eigenvalue weighted by atomic mass is 79.9. The van der Waals surface area contributed by atoms with Gasteiger partial charge in [-0.1, -0.05) is 76.6 Å². The highest BCUT2D eigenvalue weighted by Gasteiger charge is 2.30. The number of fused-ring (bicyclic) bond motifs is 3. The molecule has 0 radical (unpaired) electrons. The maximum absolute atomic E-state index is 12.5. The summed E-state index contributed by atoms with van der Waals surface area (Å²) >= 11 is 3.38. The van der Waals surface area contributed by atoms with Crippen molar-refractivity contribution in [2.45, 2.75) is 18.9 Å². The Balaban J connectivity index is 1.52. The second kappa shape index (κ2) is 8.32. The Labute approximate surface area is 182 Å². The molecule has 0 saturated heterocycles. The third-order valence-electron chi connectivity index (χ3n) is 5.41. The second-order valence-electron chi connectivity index (χ2n) is 7.21. The van der Waals surface area contributed by atoms with Crippen LogP contribution in [0.4, 0.5) is 4.79 Å². The molecule has 0 aliphatic heterocycles. The number of carboxylic acid groups (broad SMARTS) is 1.